The van der Waals surface area contributed by atoms with E-state index in [0.29, 0.717) is 31.2 Å². The summed E-state index contributed by atoms with van der Waals surface area (Å²) in [6, 6.07) is 3.40. The van der Waals surface area contributed by atoms with Crippen LogP contribution in [0, 0.1) is 0 Å². The highest BCUT2D eigenvalue weighted by Crippen LogP contribution is 2.13. The van der Waals surface area contributed by atoms with Gasteiger partial charge in [-0.15, -0.1) is 0 Å². The zero-order chi connectivity index (χ0) is 14.9. The van der Waals surface area contributed by atoms with Crippen LogP contribution < -0.4 is 10.1 Å². The van der Waals surface area contributed by atoms with Crippen LogP contribution >= 0.6 is 0 Å². The smallest absolute Gasteiger partial charge is 0.256 e. The van der Waals surface area contributed by atoms with Gasteiger partial charge in [0.2, 0.25) is 5.88 Å². The molecule has 1 saturated heterocycles. The molecule has 0 saturated carbocycles. The van der Waals surface area contributed by atoms with Crippen molar-refractivity contribution in [2.24, 2.45) is 0 Å². The normalized spacial score (nSPS) is 17.7. The fraction of sp³-hybridized carbons (Fsp3) is 0.600. The number of nitrogens with one attached hydrogen (secondary N) is 1. The van der Waals surface area contributed by atoms with Crippen LogP contribution in [0.4, 0.5) is 0 Å². The number of hydrogen-bond acceptors (Lipinski definition) is 5. The van der Waals surface area contributed by atoms with Crippen molar-refractivity contribution < 1.29 is 19.0 Å². The van der Waals surface area contributed by atoms with Gasteiger partial charge in [-0.1, -0.05) is 0 Å². The molecular weight excluding hydrogens is 272 g/mol. The predicted molar refractivity (Wildman–Crippen MR) is 77.5 cm³/mol. The molecule has 2 heterocycles. The van der Waals surface area contributed by atoms with E-state index in [1.54, 1.807) is 18.3 Å². The number of nitrogens with zero attached hydrogens (tertiary/aromatic N) is 1. The SMILES string of the molecule is COc1ncccc1C(=O)NCCCOCC1CCCO1. The van der Waals surface area contributed by atoms with E-state index in [2.05, 4.69) is 10.3 Å². The Hall–Kier alpha value is -1.66. The number of aromatic nitrogens is 1. The van der Waals surface area contributed by atoms with Crippen molar-refractivity contribution in [3.8, 4) is 5.88 Å². The van der Waals surface area contributed by atoms with Gasteiger partial charge < -0.3 is 19.5 Å². The second-order valence-corrected chi connectivity index (χ2v) is 4.88. The van der Waals surface area contributed by atoms with Crippen LogP contribution in [0.15, 0.2) is 18.3 Å². The maximum absolute atomic E-state index is 12.0. The van der Waals surface area contributed by atoms with E-state index in [1.165, 1.54) is 7.11 Å². The topological polar surface area (TPSA) is 69.7 Å². The maximum Gasteiger partial charge on any atom is 0.256 e. The molecule has 1 aromatic heterocycles. The Labute approximate surface area is 124 Å². The third kappa shape index (κ3) is 4.99. The monoisotopic (exact) mass is 294 g/mol. The summed E-state index contributed by atoms with van der Waals surface area (Å²) in [5.74, 6) is 0.156. The largest absolute Gasteiger partial charge is 0.480 e. The van der Waals surface area contributed by atoms with Crippen LogP contribution in [0.5, 0.6) is 5.88 Å². The summed E-state index contributed by atoms with van der Waals surface area (Å²) in [5, 5.41) is 2.83. The number of amides is 1. The van der Waals surface area contributed by atoms with Crippen LogP contribution in [0.1, 0.15) is 29.6 Å². The van der Waals surface area contributed by atoms with E-state index in [0.717, 1.165) is 25.9 Å². The minimum absolute atomic E-state index is 0.181. The van der Waals surface area contributed by atoms with Crippen molar-refractivity contribution in [2.75, 3.05) is 33.5 Å². The average Bonchev–Trinajstić information content (AvgIpc) is 3.03. The molecule has 0 radical (unpaired) electrons. The van der Waals surface area contributed by atoms with Crippen LogP contribution in [0.25, 0.3) is 0 Å². The highest BCUT2D eigenvalue weighted by molar-refractivity contribution is 5.96. The molecule has 0 bridgehead atoms. The Balaban J connectivity index is 1.60. The summed E-state index contributed by atoms with van der Waals surface area (Å²) >= 11 is 0. The Morgan fingerprint density at radius 2 is 2.48 bits per heavy atom. The van der Waals surface area contributed by atoms with E-state index < -0.39 is 0 Å². The molecular formula is C15H22N2O4. The number of hydrogen-bond donors (Lipinski definition) is 1. The van der Waals surface area contributed by atoms with E-state index >= 15 is 0 Å². The highest BCUT2D eigenvalue weighted by atomic mass is 16.5. The first-order valence-electron chi connectivity index (χ1n) is 7.28. The molecule has 1 amide bonds. The minimum Gasteiger partial charge on any atom is -0.480 e. The summed E-state index contributed by atoms with van der Waals surface area (Å²) < 4.78 is 16.1. The summed E-state index contributed by atoms with van der Waals surface area (Å²) in [5.41, 5.74) is 0.445. The van der Waals surface area contributed by atoms with Gasteiger partial charge in [-0.05, 0) is 31.4 Å². The standard InChI is InChI=1S/C15H22N2O4/c1-19-15-13(6-2-7-17-15)14(18)16-8-4-9-20-11-12-5-3-10-21-12/h2,6-7,12H,3-5,8-11H2,1H3,(H,16,18). The maximum atomic E-state index is 12.0. The van der Waals surface area contributed by atoms with Crippen LogP contribution in [-0.4, -0.2) is 50.5 Å². The van der Waals surface area contributed by atoms with E-state index in [4.69, 9.17) is 14.2 Å². The first kappa shape index (κ1) is 15.7. The van der Waals surface area contributed by atoms with Crippen molar-refractivity contribution in [1.29, 1.82) is 0 Å². The zero-order valence-corrected chi connectivity index (χ0v) is 12.3. The van der Waals surface area contributed by atoms with E-state index in [-0.39, 0.29) is 12.0 Å². The summed E-state index contributed by atoms with van der Waals surface area (Å²) in [7, 11) is 1.50. The van der Waals surface area contributed by atoms with Gasteiger partial charge in [0, 0.05) is 26.0 Å². The Bertz CT molecular complexity index is 447. The molecule has 2 rings (SSSR count). The summed E-state index contributed by atoms with van der Waals surface area (Å²) in [6.07, 6.45) is 4.81. The number of ether oxygens (including phenoxy) is 3. The van der Waals surface area contributed by atoms with Gasteiger partial charge in [0.05, 0.1) is 19.8 Å². The van der Waals surface area contributed by atoms with E-state index in [9.17, 15) is 4.79 Å². The molecule has 1 atom stereocenters. The van der Waals surface area contributed by atoms with Crippen molar-refractivity contribution in [2.45, 2.75) is 25.4 Å². The third-order valence-electron chi connectivity index (χ3n) is 3.29. The number of methoxy groups -OCH3 is 1. The quantitative estimate of drug-likeness (QED) is 0.734. The second-order valence-electron chi connectivity index (χ2n) is 4.88. The molecule has 6 heteroatoms. The highest BCUT2D eigenvalue weighted by Gasteiger charge is 2.15. The van der Waals surface area contributed by atoms with Gasteiger partial charge in [-0.25, -0.2) is 4.98 Å². The zero-order valence-electron chi connectivity index (χ0n) is 12.3. The molecule has 1 unspecified atom stereocenters. The van der Waals surface area contributed by atoms with Gasteiger partial charge in [-0.2, -0.15) is 0 Å². The molecule has 1 fully saturated rings. The number of rotatable bonds is 8. The molecule has 0 spiro atoms. The van der Waals surface area contributed by atoms with Gasteiger partial charge >= 0.3 is 0 Å². The predicted octanol–water partition coefficient (Wildman–Crippen LogP) is 1.41. The molecule has 1 aromatic rings. The molecule has 1 aliphatic rings. The van der Waals surface area contributed by atoms with Crippen molar-refractivity contribution in [1.82, 2.24) is 10.3 Å². The molecule has 0 aliphatic carbocycles. The Morgan fingerprint density at radius 1 is 1.57 bits per heavy atom. The number of carbonyl (C=O) groups excluding carboxylic acids is 1. The molecule has 1 N–H and O–H groups in total. The molecule has 116 valence electrons. The van der Waals surface area contributed by atoms with Crippen molar-refractivity contribution in [3.05, 3.63) is 23.9 Å². The van der Waals surface area contributed by atoms with Gasteiger partial charge in [0.15, 0.2) is 0 Å². The Kier molecular flexibility index (Phi) is 6.43. The Morgan fingerprint density at radius 3 is 3.24 bits per heavy atom. The molecule has 1 aliphatic heterocycles. The van der Waals surface area contributed by atoms with Crippen LogP contribution in [0.2, 0.25) is 0 Å². The first-order chi connectivity index (χ1) is 10.3. The lowest BCUT2D eigenvalue weighted by molar-refractivity contribution is 0.0166. The van der Waals surface area contributed by atoms with Crippen LogP contribution in [0.3, 0.4) is 0 Å². The fourth-order valence-electron chi connectivity index (χ4n) is 2.19. The summed E-state index contributed by atoms with van der Waals surface area (Å²) in [6.45, 7) is 2.66. The summed E-state index contributed by atoms with van der Waals surface area (Å²) in [4.78, 5) is 16.0. The second kappa shape index (κ2) is 8.59. The van der Waals surface area contributed by atoms with Crippen molar-refractivity contribution in [3.63, 3.8) is 0 Å². The number of carbonyl (C=O) groups is 1. The van der Waals surface area contributed by atoms with E-state index in [1.807, 2.05) is 0 Å². The molecule has 21 heavy (non-hydrogen) atoms. The molecule has 0 aromatic carbocycles. The van der Waals surface area contributed by atoms with Gasteiger partial charge in [0.1, 0.15) is 5.56 Å². The third-order valence-corrected chi connectivity index (χ3v) is 3.29. The van der Waals surface area contributed by atoms with Gasteiger partial charge in [-0.3, -0.25) is 4.79 Å². The van der Waals surface area contributed by atoms with Gasteiger partial charge in [0.25, 0.3) is 5.91 Å². The van der Waals surface area contributed by atoms with Crippen LogP contribution in [-0.2, 0) is 9.47 Å². The lowest BCUT2D eigenvalue weighted by atomic mass is 10.2. The minimum atomic E-state index is -0.181. The average molecular weight is 294 g/mol. The lowest BCUT2D eigenvalue weighted by Crippen LogP contribution is -2.26. The first-order valence-corrected chi connectivity index (χ1v) is 7.28. The van der Waals surface area contributed by atoms with Crippen molar-refractivity contribution >= 4 is 5.91 Å². The molecule has 6 nitrogen and oxygen atoms in total. The number of pyridine rings is 1. The lowest BCUT2D eigenvalue weighted by Gasteiger charge is -2.10. The fourth-order valence-corrected chi connectivity index (χ4v) is 2.19.